The molecule has 1 aliphatic rings. The van der Waals surface area contributed by atoms with E-state index in [1.807, 2.05) is 11.4 Å². The predicted octanol–water partition coefficient (Wildman–Crippen LogP) is 4.71. The first kappa shape index (κ1) is 15.2. The molecule has 21 heavy (non-hydrogen) atoms. The lowest BCUT2D eigenvalue weighted by molar-refractivity contribution is 0.128. The van der Waals surface area contributed by atoms with Gasteiger partial charge < -0.3 is 4.52 Å². The van der Waals surface area contributed by atoms with E-state index in [1.54, 1.807) is 11.3 Å². The lowest BCUT2D eigenvalue weighted by Crippen LogP contribution is -2.38. The van der Waals surface area contributed by atoms with Gasteiger partial charge in [-0.3, -0.25) is 4.90 Å². The summed E-state index contributed by atoms with van der Waals surface area (Å²) >= 11 is 5.08. The van der Waals surface area contributed by atoms with Crippen molar-refractivity contribution in [1.82, 2.24) is 15.0 Å². The predicted molar refractivity (Wildman–Crippen MR) is 88.2 cm³/mol. The minimum Gasteiger partial charge on any atom is -0.338 e. The molecule has 3 rings (SSSR count). The second kappa shape index (κ2) is 6.58. The van der Waals surface area contributed by atoms with Crippen molar-refractivity contribution in [2.75, 3.05) is 0 Å². The number of hydrogen-bond donors (Lipinski definition) is 0. The lowest BCUT2D eigenvalue weighted by Gasteiger charge is -2.31. The van der Waals surface area contributed by atoms with Crippen LogP contribution >= 0.6 is 27.3 Å². The molecule has 2 heterocycles. The molecule has 0 unspecified atom stereocenters. The summed E-state index contributed by atoms with van der Waals surface area (Å²) in [5.41, 5.74) is 0. The van der Waals surface area contributed by atoms with E-state index in [9.17, 15) is 0 Å². The summed E-state index contributed by atoms with van der Waals surface area (Å²) in [5, 5.41) is 6.15. The van der Waals surface area contributed by atoms with Crippen molar-refractivity contribution in [3.05, 3.63) is 21.8 Å². The van der Waals surface area contributed by atoms with Gasteiger partial charge in [0, 0.05) is 21.9 Å². The van der Waals surface area contributed by atoms with Crippen LogP contribution in [0.1, 0.15) is 45.4 Å². The zero-order valence-electron chi connectivity index (χ0n) is 12.4. The molecule has 0 aromatic carbocycles. The van der Waals surface area contributed by atoms with Crippen molar-refractivity contribution < 1.29 is 4.52 Å². The number of nitrogens with zero attached hydrogens (tertiary/aromatic N) is 3. The third-order valence-electron chi connectivity index (χ3n) is 4.03. The number of hydrogen-bond acceptors (Lipinski definition) is 5. The standard InChI is InChI=1S/C15H20BrN3OS/c1-10(2)19(12-5-3-4-6-12)8-14-17-15(18-20-14)13-7-11(16)9-21-13/h7,9-10,12H,3-6,8H2,1-2H3. The van der Waals surface area contributed by atoms with E-state index >= 15 is 0 Å². The van der Waals surface area contributed by atoms with E-state index in [0.29, 0.717) is 17.9 Å². The minimum atomic E-state index is 0.499. The zero-order chi connectivity index (χ0) is 14.8. The summed E-state index contributed by atoms with van der Waals surface area (Å²) in [5.74, 6) is 1.41. The molecule has 0 aliphatic heterocycles. The maximum Gasteiger partial charge on any atom is 0.241 e. The fraction of sp³-hybridized carbons (Fsp3) is 0.600. The Morgan fingerprint density at radius 1 is 1.43 bits per heavy atom. The molecule has 2 aromatic rings. The van der Waals surface area contributed by atoms with E-state index in [1.165, 1.54) is 25.7 Å². The van der Waals surface area contributed by atoms with Gasteiger partial charge in [0.1, 0.15) is 0 Å². The van der Waals surface area contributed by atoms with Crippen molar-refractivity contribution in [2.45, 2.75) is 58.2 Å². The Bertz CT molecular complexity index is 589. The highest BCUT2D eigenvalue weighted by atomic mass is 79.9. The van der Waals surface area contributed by atoms with E-state index in [0.717, 1.165) is 21.8 Å². The van der Waals surface area contributed by atoms with Crippen LogP contribution in [-0.2, 0) is 6.54 Å². The topological polar surface area (TPSA) is 42.2 Å². The van der Waals surface area contributed by atoms with E-state index < -0.39 is 0 Å². The summed E-state index contributed by atoms with van der Waals surface area (Å²) in [6.45, 7) is 5.24. The summed E-state index contributed by atoms with van der Waals surface area (Å²) in [4.78, 5) is 8.09. The van der Waals surface area contributed by atoms with E-state index in [4.69, 9.17) is 4.52 Å². The summed E-state index contributed by atoms with van der Waals surface area (Å²) in [7, 11) is 0. The van der Waals surface area contributed by atoms with Gasteiger partial charge in [0.15, 0.2) is 0 Å². The Balaban J connectivity index is 1.73. The van der Waals surface area contributed by atoms with Crippen LogP contribution in [0.4, 0.5) is 0 Å². The first-order chi connectivity index (χ1) is 10.1. The molecule has 4 nitrogen and oxygen atoms in total. The highest BCUT2D eigenvalue weighted by molar-refractivity contribution is 9.10. The van der Waals surface area contributed by atoms with Crippen molar-refractivity contribution in [1.29, 1.82) is 0 Å². The Labute approximate surface area is 137 Å². The second-order valence-electron chi connectivity index (χ2n) is 5.85. The fourth-order valence-corrected chi connectivity index (χ4v) is 4.33. The molecule has 1 fully saturated rings. The molecule has 0 spiro atoms. The van der Waals surface area contributed by atoms with Crippen molar-refractivity contribution in [2.24, 2.45) is 0 Å². The Morgan fingerprint density at radius 3 is 2.81 bits per heavy atom. The highest BCUT2D eigenvalue weighted by Crippen LogP contribution is 2.29. The van der Waals surface area contributed by atoms with Crippen LogP contribution < -0.4 is 0 Å². The molecule has 0 atom stereocenters. The van der Waals surface area contributed by atoms with Gasteiger partial charge in [-0.15, -0.1) is 11.3 Å². The molecule has 1 saturated carbocycles. The van der Waals surface area contributed by atoms with Gasteiger partial charge >= 0.3 is 0 Å². The van der Waals surface area contributed by atoms with Gasteiger partial charge in [0.2, 0.25) is 11.7 Å². The quantitative estimate of drug-likeness (QED) is 0.764. The molecule has 0 radical (unpaired) electrons. The van der Waals surface area contributed by atoms with Gasteiger partial charge in [-0.05, 0) is 48.7 Å². The van der Waals surface area contributed by atoms with Crippen molar-refractivity contribution in [3.63, 3.8) is 0 Å². The third kappa shape index (κ3) is 3.55. The molecule has 6 heteroatoms. The first-order valence-corrected chi connectivity index (χ1v) is 9.13. The summed E-state index contributed by atoms with van der Waals surface area (Å²) in [6.07, 6.45) is 5.26. The average Bonchev–Trinajstić information content (AvgIpc) is 3.16. The van der Waals surface area contributed by atoms with Crippen LogP contribution in [0.5, 0.6) is 0 Å². The molecule has 0 bridgehead atoms. The molecular weight excluding hydrogens is 350 g/mol. The maximum atomic E-state index is 5.46. The molecular formula is C15H20BrN3OS. The highest BCUT2D eigenvalue weighted by Gasteiger charge is 2.26. The molecule has 2 aromatic heterocycles. The number of rotatable bonds is 5. The summed E-state index contributed by atoms with van der Waals surface area (Å²) < 4.78 is 6.52. The largest absolute Gasteiger partial charge is 0.338 e. The number of aromatic nitrogens is 2. The van der Waals surface area contributed by atoms with Crippen LogP contribution in [-0.4, -0.2) is 27.1 Å². The Morgan fingerprint density at radius 2 is 2.19 bits per heavy atom. The van der Waals surface area contributed by atoms with Gasteiger partial charge in [-0.1, -0.05) is 18.0 Å². The molecule has 0 amide bonds. The van der Waals surface area contributed by atoms with Gasteiger partial charge in [-0.2, -0.15) is 4.98 Å². The van der Waals surface area contributed by atoms with Crippen LogP contribution in [0, 0.1) is 0 Å². The molecule has 0 N–H and O–H groups in total. The summed E-state index contributed by atoms with van der Waals surface area (Å²) in [6, 6.07) is 3.19. The average molecular weight is 370 g/mol. The van der Waals surface area contributed by atoms with Gasteiger partial charge in [0.25, 0.3) is 0 Å². The van der Waals surface area contributed by atoms with Crippen LogP contribution in [0.3, 0.4) is 0 Å². The Hall–Kier alpha value is -0.720. The molecule has 1 aliphatic carbocycles. The van der Waals surface area contributed by atoms with Crippen molar-refractivity contribution in [3.8, 4) is 10.7 Å². The monoisotopic (exact) mass is 369 g/mol. The lowest BCUT2D eigenvalue weighted by atomic mass is 10.1. The van der Waals surface area contributed by atoms with E-state index in [-0.39, 0.29) is 0 Å². The minimum absolute atomic E-state index is 0.499. The van der Waals surface area contributed by atoms with E-state index in [2.05, 4.69) is 44.8 Å². The first-order valence-electron chi connectivity index (χ1n) is 7.46. The van der Waals surface area contributed by atoms with Crippen LogP contribution in [0.15, 0.2) is 20.4 Å². The van der Waals surface area contributed by atoms with Crippen molar-refractivity contribution >= 4 is 27.3 Å². The van der Waals surface area contributed by atoms with Crippen LogP contribution in [0.2, 0.25) is 0 Å². The second-order valence-corrected chi connectivity index (χ2v) is 7.67. The zero-order valence-corrected chi connectivity index (χ0v) is 14.8. The molecule has 114 valence electrons. The molecule has 0 saturated heterocycles. The van der Waals surface area contributed by atoms with Gasteiger partial charge in [0.05, 0.1) is 11.4 Å². The maximum absolute atomic E-state index is 5.46. The third-order valence-corrected chi connectivity index (χ3v) is 5.72. The smallest absolute Gasteiger partial charge is 0.241 e. The fourth-order valence-electron chi connectivity index (χ4n) is 2.97. The number of halogens is 1. The Kier molecular flexibility index (Phi) is 4.76. The van der Waals surface area contributed by atoms with Crippen LogP contribution in [0.25, 0.3) is 10.7 Å². The normalized spacial score (nSPS) is 16.4. The number of thiophene rings is 1. The van der Waals surface area contributed by atoms with Gasteiger partial charge in [-0.25, -0.2) is 0 Å². The SMILES string of the molecule is CC(C)N(Cc1nc(-c2cc(Br)cs2)no1)C1CCCC1.